The van der Waals surface area contributed by atoms with Gasteiger partial charge < -0.3 is 4.57 Å². The molecule has 3 heterocycles. The Kier molecular flexibility index (Phi) is 6.70. The van der Waals surface area contributed by atoms with Crippen molar-refractivity contribution in [1.29, 1.82) is 0 Å². The van der Waals surface area contributed by atoms with Crippen LogP contribution < -0.4 is 27.3 Å². The van der Waals surface area contributed by atoms with Crippen LogP contribution in [0.15, 0.2) is 121 Å². The fourth-order valence-electron chi connectivity index (χ4n) is 7.67. The summed E-state index contributed by atoms with van der Waals surface area (Å²) in [7, 11) is 11.3. The molecule has 0 saturated heterocycles. The van der Waals surface area contributed by atoms with E-state index in [-0.39, 0.29) is 0 Å². The highest BCUT2D eigenvalue weighted by Gasteiger charge is 2.24. The molecule has 0 aliphatic carbocycles. The molecule has 0 unspecified atom stereocenters. The first-order chi connectivity index (χ1) is 23.9. The number of nitrogens with zero attached hydrogens (tertiary/aromatic N) is 5. The van der Waals surface area contributed by atoms with Crippen LogP contribution in [0.4, 0.5) is 0 Å². The van der Waals surface area contributed by atoms with Crippen LogP contribution in [0.25, 0.3) is 78.0 Å². The van der Waals surface area contributed by atoms with Gasteiger partial charge in [-0.15, -0.1) is 5.46 Å². The van der Waals surface area contributed by atoms with Crippen molar-refractivity contribution in [3.8, 4) is 34.4 Å². The third-order valence-corrected chi connectivity index (χ3v) is 10.5. The van der Waals surface area contributed by atoms with Crippen LogP contribution in [0.1, 0.15) is 0 Å². The van der Waals surface area contributed by atoms with E-state index in [1.54, 1.807) is 0 Å². The fourth-order valence-corrected chi connectivity index (χ4v) is 7.67. The molecule has 5 nitrogen and oxygen atoms in total. The summed E-state index contributed by atoms with van der Waals surface area (Å²) < 4.78 is 4.74. The lowest BCUT2D eigenvalue weighted by Crippen LogP contribution is -2.56. The van der Waals surface area contributed by atoms with Crippen LogP contribution in [0.5, 0.6) is 0 Å². The molecule has 0 amide bonds. The van der Waals surface area contributed by atoms with Crippen LogP contribution in [-0.2, 0) is 0 Å². The molecule has 0 fully saturated rings. The minimum absolute atomic E-state index is 0.593. The van der Waals surface area contributed by atoms with Gasteiger partial charge in [-0.05, 0) is 18.2 Å². The standard InChI is InChI=1S/C39H30B5N5/c40-30-31(41)33(43)36(34(44)32(30)42)49-26-17-9-7-15-23(26)24-19-20-28-29(35(24)49)25-16-8-10-18-27(25)48(28)39-46-37(21-11-3-1-4-12-21)45-38(47-39)22-13-5-2-6-14-22/h1-20H,40-44H2. The highest BCUT2D eigenvalue weighted by molar-refractivity contribution is 6.68. The molecule has 49 heavy (non-hydrogen) atoms. The average molecular weight is 623 g/mol. The Hall–Kier alpha value is -5.75. The van der Waals surface area contributed by atoms with Crippen LogP contribution in [0, 0.1) is 0 Å². The van der Waals surface area contributed by atoms with Crippen molar-refractivity contribution in [3.63, 3.8) is 0 Å². The molecule has 226 valence electrons. The van der Waals surface area contributed by atoms with E-state index in [1.165, 1.54) is 60.2 Å². The highest BCUT2D eigenvalue weighted by Crippen LogP contribution is 2.41. The first-order valence-corrected chi connectivity index (χ1v) is 16.8. The second-order valence-corrected chi connectivity index (χ2v) is 13.0. The van der Waals surface area contributed by atoms with Gasteiger partial charge in [0.25, 0.3) is 0 Å². The van der Waals surface area contributed by atoms with E-state index in [1.807, 2.05) is 36.4 Å². The zero-order valence-electron chi connectivity index (χ0n) is 28.3. The van der Waals surface area contributed by atoms with E-state index >= 15 is 0 Å². The molecule has 3 aromatic heterocycles. The van der Waals surface area contributed by atoms with E-state index in [0.29, 0.717) is 17.6 Å². The minimum Gasteiger partial charge on any atom is -0.310 e. The minimum atomic E-state index is 0.593. The van der Waals surface area contributed by atoms with Crippen molar-refractivity contribution < 1.29 is 0 Å². The number of aromatic nitrogens is 5. The molecule has 9 rings (SSSR count). The van der Waals surface area contributed by atoms with Gasteiger partial charge in [0, 0.05) is 38.4 Å². The summed E-state index contributed by atoms with van der Waals surface area (Å²) in [6.45, 7) is 0. The summed E-state index contributed by atoms with van der Waals surface area (Å²) >= 11 is 0. The SMILES string of the molecule is Bc1c(B)c(B)c(-n2c3ccccc3c3ccc4c(c5ccccc5n4-c4nc(-c5ccccc5)nc(-c5ccccc5)n4)c32)c(B)c1B. The number of rotatable bonds is 4. The Morgan fingerprint density at radius 2 is 0.878 bits per heavy atom. The molecule has 0 atom stereocenters. The highest BCUT2D eigenvalue weighted by atomic mass is 15.2. The Balaban J connectivity index is 1.45. The van der Waals surface area contributed by atoms with E-state index in [4.69, 9.17) is 15.0 Å². The quantitative estimate of drug-likeness (QED) is 0.272. The second kappa shape index (κ2) is 11.2. The maximum atomic E-state index is 5.17. The molecule has 0 N–H and O–H groups in total. The molecule has 9 aromatic rings. The number of hydrogen-bond donors (Lipinski definition) is 0. The molecule has 0 saturated carbocycles. The van der Waals surface area contributed by atoms with Crippen LogP contribution in [0.3, 0.4) is 0 Å². The number of benzene rings is 6. The molecular weight excluding hydrogens is 593 g/mol. The monoisotopic (exact) mass is 623 g/mol. The molecule has 0 aliphatic heterocycles. The predicted molar refractivity (Wildman–Crippen MR) is 220 cm³/mol. The van der Waals surface area contributed by atoms with E-state index in [2.05, 4.69) is 133 Å². The van der Waals surface area contributed by atoms with Gasteiger partial charge in [0.1, 0.15) is 39.2 Å². The smallest absolute Gasteiger partial charge is 0.238 e. The Bertz CT molecular complexity index is 2690. The first-order valence-electron chi connectivity index (χ1n) is 16.8. The van der Waals surface area contributed by atoms with Crippen molar-refractivity contribution in [2.75, 3.05) is 0 Å². The number of hydrogen-bond acceptors (Lipinski definition) is 3. The van der Waals surface area contributed by atoms with Gasteiger partial charge in [0.05, 0.1) is 22.1 Å². The summed E-state index contributed by atoms with van der Waals surface area (Å²) in [6, 6.07) is 42.3. The van der Waals surface area contributed by atoms with Crippen LogP contribution >= 0.6 is 0 Å². The molecule has 0 radical (unpaired) electrons. The zero-order valence-corrected chi connectivity index (χ0v) is 28.3. The Morgan fingerprint density at radius 3 is 1.47 bits per heavy atom. The topological polar surface area (TPSA) is 48.5 Å². The summed E-state index contributed by atoms with van der Waals surface area (Å²) in [4.78, 5) is 15.3. The summed E-state index contributed by atoms with van der Waals surface area (Å²) in [5.41, 5.74) is 14.3. The predicted octanol–water partition coefficient (Wildman–Crippen LogP) is 0.692. The van der Waals surface area contributed by atoms with Gasteiger partial charge in [-0.2, -0.15) is 9.97 Å². The van der Waals surface area contributed by atoms with Crippen molar-refractivity contribution in [2.45, 2.75) is 0 Å². The van der Waals surface area contributed by atoms with Gasteiger partial charge in [-0.3, -0.25) is 4.57 Å². The van der Waals surface area contributed by atoms with Crippen molar-refractivity contribution >= 4 is 110 Å². The van der Waals surface area contributed by atoms with Gasteiger partial charge in [-0.1, -0.05) is 125 Å². The van der Waals surface area contributed by atoms with E-state index in [0.717, 1.165) is 27.5 Å². The number of para-hydroxylation sites is 2. The number of fused-ring (bicyclic) bond motifs is 7. The lowest BCUT2D eigenvalue weighted by molar-refractivity contribution is 0.953. The van der Waals surface area contributed by atoms with E-state index < -0.39 is 0 Å². The summed E-state index contributed by atoms with van der Waals surface area (Å²) in [6.07, 6.45) is 0. The first kappa shape index (κ1) is 29.4. The van der Waals surface area contributed by atoms with Gasteiger partial charge in [0.2, 0.25) is 5.95 Å². The summed E-state index contributed by atoms with van der Waals surface area (Å²) in [5, 5.41) is 4.81. The molecular formula is C39H30B5N5. The van der Waals surface area contributed by atoms with Gasteiger partial charge in [-0.25, -0.2) is 4.98 Å². The summed E-state index contributed by atoms with van der Waals surface area (Å²) in [5.74, 6) is 1.88. The Morgan fingerprint density at radius 1 is 0.388 bits per heavy atom. The average Bonchev–Trinajstić information content (AvgIpc) is 3.67. The zero-order chi connectivity index (χ0) is 33.4. The molecule has 6 aromatic carbocycles. The third kappa shape index (κ3) is 4.36. The normalized spacial score (nSPS) is 11.7. The molecule has 0 aliphatic rings. The second-order valence-electron chi connectivity index (χ2n) is 13.0. The lowest BCUT2D eigenvalue weighted by atomic mass is 9.61. The third-order valence-electron chi connectivity index (χ3n) is 10.5. The molecule has 0 spiro atoms. The van der Waals surface area contributed by atoms with Gasteiger partial charge >= 0.3 is 0 Å². The van der Waals surface area contributed by atoms with Crippen molar-refractivity contribution in [1.82, 2.24) is 24.1 Å². The van der Waals surface area contributed by atoms with E-state index in [9.17, 15) is 0 Å². The lowest BCUT2D eigenvalue weighted by Gasteiger charge is -2.22. The maximum absolute atomic E-state index is 5.17. The Labute approximate surface area is 289 Å². The fraction of sp³-hybridized carbons (Fsp3) is 0. The van der Waals surface area contributed by atoms with Crippen molar-refractivity contribution in [3.05, 3.63) is 121 Å². The largest absolute Gasteiger partial charge is 0.310 e. The molecule has 0 bridgehead atoms. The maximum Gasteiger partial charge on any atom is 0.238 e. The van der Waals surface area contributed by atoms with Crippen molar-refractivity contribution in [2.24, 2.45) is 0 Å². The molecule has 10 heteroatoms. The van der Waals surface area contributed by atoms with Crippen LogP contribution in [0.2, 0.25) is 0 Å². The van der Waals surface area contributed by atoms with Crippen LogP contribution in [-0.4, -0.2) is 63.3 Å². The van der Waals surface area contributed by atoms with Gasteiger partial charge in [0.15, 0.2) is 11.6 Å².